The molecule has 0 aliphatic heterocycles. The minimum Gasteiger partial charge on any atom is -0.383 e. The van der Waals surface area contributed by atoms with Crippen LogP contribution in [0.3, 0.4) is 0 Å². The van der Waals surface area contributed by atoms with Crippen LogP contribution in [0.2, 0.25) is 0 Å². The number of aromatic nitrogens is 4. The van der Waals surface area contributed by atoms with Crippen LogP contribution in [0, 0.1) is 6.92 Å². The molecule has 9 heteroatoms. The van der Waals surface area contributed by atoms with Crippen molar-refractivity contribution in [2.45, 2.75) is 12.7 Å². The largest absolute Gasteiger partial charge is 0.383 e. The number of hydrogen-bond donors (Lipinski definition) is 0. The summed E-state index contributed by atoms with van der Waals surface area (Å²) in [6.45, 7) is 3.28. The molecule has 0 radical (unpaired) electrons. The fourth-order valence-electron chi connectivity index (χ4n) is 2.07. The summed E-state index contributed by atoms with van der Waals surface area (Å²) < 4.78 is 8.58. The van der Waals surface area contributed by atoms with Crippen molar-refractivity contribution in [1.82, 2.24) is 19.8 Å². The molecule has 0 saturated heterocycles. The van der Waals surface area contributed by atoms with Crippen molar-refractivity contribution in [2.75, 3.05) is 26.5 Å². The Morgan fingerprint density at radius 1 is 1.38 bits per heavy atom. The number of aliphatic imine (C=N–C) groups is 1. The Morgan fingerprint density at radius 3 is 2.79 bits per heavy atom. The smallest absolute Gasteiger partial charge is 0.368 e. The predicted octanol–water partition coefficient (Wildman–Crippen LogP) is 1.87. The van der Waals surface area contributed by atoms with Gasteiger partial charge in [0.2, 0.25) is 0 Å². The van der Waals surface area contributed by atoms with Gasteiger partial charge in [0.1, 0.15) is 4.38 Å². The average molecular weight is 368 g/mol. The van der Waals surface area contributed by atoms with Crippen LogP contribution in [-0.2, 0) is 17.5 Å². The normalized spacial score (nSPS) is 11.9. The fraction of sp³-hybridized carbons (Fsp3) is 0.467. The van der Waals surface area contributed by atoms with Gasteiger partial charge in [0.25, 0.3) is 0 Å². The Hall–Kier alpha value is -1.58. The van der Waals surface area contributed by atoms with Crippen molar-refractivity contribution in [3.05, 3.63) is 39.8 Å². The van der Waals surface area contributed by atoms with Crippen molar-refractivity contribution in [2.24, 2.45) is 12.0 Å². The number of rotatable bonds is 6. The molecular formula is C15H21N5O2S2. The highest BCUT2D eigenvalue weighted by Crippen LogP contribution is 2.26. The van der Waals surface area contributed by atoms with Crippen molar-refractivity contribution in [1.29, 1.82) is 0 Å². The molecule has 1 heterocycles. The second-order valence-electron chi connectivity index (χ2n) is 5.00. The molecule has 24 heavy (non-hydrogen) atoms. The molecule has 130 valence electrons. The standard InChI is InChI=1S/C15H21N5O2S2/c1-11-6-5-7-13(20-15(21)19(2)17-18-20)12(11)10-24-14(23-4)16-8-9-22-3/h5-7H,8-10H2,1-4H3. The van der Waals surface area contributed by atoms with E-state index in [2.05, 4.69) is 15.4 Å². The van der Waals surface area contributed by atoms with Crippen molar-refractivity contribution < 1.29 is 4.74 Å². The first-order valence-electron chi connectivity index (χ1n) is 7.36. The first kappa shape index (κ1) is 18.8. The Labute approximate surface area is 149 Å². The molecule has 0 saturated carbocycles. The molecule has 0 unspecified atom stereocenters. The highest BCUT2D eigenvalue weighted by atomic mass is 32.2. The average Bonchev–Trinajstić information content (AvgIpc) is 2.91. The summed E-state index contributed by atoms with van der Waals surface area (Å²) in [4.78, 5) is 16.7. The molecule has 2 aromatic rings. The minimum absolute atomic E-state index is 0.259. The third kappa shape index (κ3) is 4.49. The molecule has 0 atom stereocenters. The van der Waals surface area contributed by atoms with Gasteiger partial charge in [-0.25, -0.2) is 4.79 Å². The zero-order chi connectivity index (χ0) is 17.5. The summed E-state index contributed by atoms with van der Waals surface area (Å²) in [5.74, 6) is 0.706. The van der Waals surface area contributed by atoms with Gasteiger partial charge in [0, 0.05) is 19.9 Å². The van der Waals surface area contributed by atoms with E-state index in [4.69, 9.17) is 4.74 Å². The van der Waals surface area contributed by atoms with Gasteiger partial charge in [0.05, 0.1) is 18.8 Å². The van der Waals surface area contributed by atoms with Crippen LogP contribution in [0.4, 0.5) is 0 Å². The Morgan fingerprint density at radius 2 is 2.17 bits per heavy atom. The molecule has 1 aromatic carbocycles. The molecule has 0 N–H and O–H groups in total. The van der Waals surface area contributed by atoms with E-state index in [0.29, 0.717) is 18.9 Å². The van der Waals surface area contributed by atoms with Gasteiger partial charge in [-0.05, 0) is 40.8 Å². The van der Waals surface area contributed by atoms with E-state index in [9.17, 15) is 4.79 Å². The highest BCUT2D eigenvalue weighted by molar-refractivity contribution is 8.38. The van der Waals surface area contributed by atoms with Crippen molar-refractivity contribution >= 4 is 27.9 Å². The van der Waals surface area contributed by atoms with Crippen LogP contribution in [0.15, 0.2) is 28.0 Å². The lowest BCUT2D eigenvalue weighted by atomic mass is 10.1. The zero-order valence-electron chi connectivity index (χ0n) is 14.2. The Kier molecular flexibility index (Phi) is 7.07. The number of hydrogen-bond acceptors (Lipinski definition) is 7. The molecule has 0 aliphatic carbocycles. The quantitative estimate of drug-likeness (QED) is 0.441. The molecule has 0 bridgehead atoms. The van der Waals surface area contributed by atoms with Crippen LogP contribution in [0.25, 0.3) is 5.69 Å². The summed E-state index contributed by atoms with van der Waals surface area (Å²) in [5.41, 5.74) is 2.66. The summed E-state index contributed by atoms with van der Waals surface area (Å²) in [6, 6.07) is 5.84. The lowest BCUT2D eigenvalue weighted by Gasteiger charge is -2.11. The number of tetrazole rings is 1. The molecule has 2 rings (SSSR count). The molecule has 0 spiro atoms. The number of ether oxygens (including phenoxy) is 1. The Bertz CT molecular complexity index is 769. The van der Waals surface area contributed by atoms with Crippen molar-refractivity contribution in [3.8, 4) is 5.69 Å². The number of nitrogens with zero attached hydrogens (tertiary/aromatic N) is 5. The van der Waals surface area contributed by atoms with Crippen LogP contribution in [-0.4, -0.2) is 50.7 Å². The summed E-state index contributed by atoms with van der Waals surface area (Å²) in [6.07, 6.45) is 2.00. The first-order valence-corrected chi connectivity index (χ1v) is 9.57. The highest BCUT2D eigenvalue weighted by Gasteiger charge is 2.13. The van der Waals surface area contributed by atoms with Gasteiger partial charge in [-0.1, -0.05) is 23.9 Å². The van der Waals surface area contributed by atoms with Gasteiger partial charge in [-0.3, -0.25) is 4.99 Å². The number of thioether (sulfide) groups is 2. The fourth-order valence-corrected chi connectivity index (χ4v) is 3.76. The third-order valence-corrected chi connectivity index (χ3v) is 5.53. The van der Waals surface area contributed by atoms with Gasteiger partial charge in [-0.15, -0.1) is 11.8 Å². The molecule has 7 nitrogen and oxygen atoms in total. The molecular weight excluding hydrogens is 346 g/mol. The lowest BCUT2D eigenvalue weighted by molar-refractivity contribution is 0.208. The minimum atomic E-state index is -0.259. The van der Waals surface area contributed by atoms with E-state index in [1.165, 1.54) is 9.36 Å². The van der Waals surface area contributed by atoms with Crippen LogP contribution < -0.4 is 5.69 Å². The maximum atomic E-state index is 12.2. The second-order valence-corrected chi connectivity index (χ2v) is 7.02. The predicted molar refractivity (Wildman–Crippen MR) is 100 cm³/mol. The molecule has 0 amide bonds. The molecule has 1 aromatic heterocycles. The van der Waals surface area contributed by atoms with Gasteiger partial charge >= 0.3 is 5.69 Å². The summed E-state index contributed by atoms with van der Waals surface area (Å²) in [5, 5.41) is 7.74. The summed E-state index contributed by atoms with van der Waals surface area (Å²) >= 11 is 3.26. The van der Waals surface area contributed by atoms with E-state index < -0.39 is 0 Å². The van der Waals surface area contributed by atoms with E-state index in [1.807, 2.05) is 31.4 Å². The topological polar surface area (TPSA) is 74.3 Å². The van der Waals surface area contributed by atoms with E-state index >= 15 is 0 Å². The number of benzene rings is 1. The van der Waals surface area contributed by atoms with Gasteiger partial charge in [0.15, 0.2) is 0 Å². The van der Waals surface area contributed by atoms with Crippen LogP contribution in [0.1, 0.15) is 11.1 Å². The molecule has 0 fully saturated rings. The SMILES string of the molecule is COCCN=C(SC)SCc1c(C)cccc1-n1nnn(C)c1=O. The maximum absolute atomic E-state index is 12.2. The van der Waals surface area contributed by atoms with Crippen LogP contribution >= 0.6 is 23.5 Å². The summed E-state index contributed by atoms with van der Waals surface area (Å²) in [7, 11) is 3.25. The van der Waals surface area contributed by atoms with Gasteiger partial charge < -0.3 is 4.74 Å². The third-order valence-electron chi connectivity index (χ3n) is 3.39. The molecule has 0 aliphatic rings. The van der Waals surface area contributed by atoms with Gasteiger partial charge in [-0.2, -0.15) is 9.36 Å². The second kappa shape index (κ2) is 9.05. The monoisotopic (exact) mass is 367 g/mol. The zero-order valence-corrected chi connectivity index (χ0v) is 15.9. The number of methoxy groups -OCH3 is 1. The number of aryl methyl sites for hydroxylation is 2. The first-order chi connectivity index (χ1) is 11.6. The lowest BCUT2D eigenvalue weighted by Crippen LogP contribution is -2.23. The van der Waals surface area contributed by atoms with E-state index in [1.54, 1.807) is 37.7 Å². The van der Waals surface area contributed by atoms with E-state index in [-0.39, 0.29) is 5.69 Å². The van der Waals surface area contributed by atoms with Crippen LogP contribution in [0.5, 0.6) is 0 Å². The Balaban J connectivity index is 2.26. The van der Waals surface area contributed by atoms with E-state index in [0.717, 1.165) is 21.2 Å². The van der Waals surface area contributed by atoms with Crippen molar-refractivity contribution in [3.63, 3.8) is 0 Å². The maximum Gasteiger partial charge on any atom is 0.368 e.